The summed E-state index contributed by atoms with van der Waals surface area (Å²) in [6, 6.07) is 5.77. The molecule has 0 aromatic carbocycles. The molecule has 7 nitrogen and oxygen atoms in total. The number of likely N-dealkylation sites (N-methyl/N-ethyl adjacent to an activating group) is 1. The van der Waals surface area contributed by atoms with Gasteiger partial charge in [-0.05, 0) is 38.9 Å². The first kappa shape index (κ1) is 16.4. The van der Waals surface area contributed by atoms with Crippen molar-refractivity contribution in [2.24, 2.45) is 0 Å². The Morgan fingerprint density at radius 3 is 3.08 bits per heavy atom. The van der Waals surface area contributed by atoms with Crippen LogP contribution in [0.25, 0.3) is 0 Å². The van der Waals surface area contributed by atoms with Crippen LogP contribution in [0.1, 0.15) is 34.9 Å². The molecular weight excluding hydrogens is 322 g/mol. The number of fused-ring (bicyclic) bond motifs is 1. The number of aromatic nitrogens is 1. The minimum absolute atomic E-state index is 0.0191. The summed E-state index contributed by atoms with van der Waals surface area (Å²) in [5.74, 6) is 1.48. The van der Waals surface area contributed by atoms with Crippen molar-refractivity contribution in [3.05, 3.63) is 41.7 Å². The number of likely N-dealkylation sites (tertiary alicyclic amines) is 1. The summed E-state index contributed by atoms with van der Waals surface area (Å²) in [5, 5.41) is 3.89. The number of furan rings is 1. The van der Waals surface area contributed by atoms with Crippen molar-refractivity contribution in [2.75, 3.05) is 20.2 Å². The highest BCUT2D eigenvalue weighted by atomic mass is 16.5. The summed E-state index contributed by atoms with van der Waals surface area (Å²) in [6.45, 7) is 3.85. The molecular formula is C18H23N3O4. The van der Waals surface area contributed by atoms with Gasteiger partial charge in [0.15, 0.2) is 5.69 Å². The smallest absolute Gasteiger partial charge is 0.276 e. The summed E-state index contributed by atoms with van der Waals surface area (Å²) < 4.78 is 16.6. The number of aryl methyl sites for hydroxylation is 1. The predicted molar refractivity (Wildman–Crippen MR) is 89.0 cm³/mol. The van der Waals surface area contributed by atoms with Gasteiger partial charge in [0.05, 0.1) is 31.0 Å². The molecule has 4 heterocycles. The van der Waals surface area contributed by atoms with E-state index in [-0.39, 0.29) is 24.1 Å². The van der Waals surface area contributed by atoms with E-state index < -0.39 is 0 Å². The molecule has 1 amide bonds. The number of ether oxygens (including phenoxy) is 1. The fourth-order valence-corrected chi connectivity index (χ4v) is 3.93. The largest absolute Gasteiger partial charge is 0.468 e. The Labute approximate surface area is 146 Å². The Bertz CT molecular complexity index is 727. The van der Waals surface area contributed by atoms with Gasteiger partial charge in [-0.25, -0.2) is 0 Å². The van der Waals surface area contributed by atoms with Crippen LogP contribution in [0.2, 0.25) is 0 Å². The summed E-state index contributed by atoms with van der Waals surface area (Å²) >= 11 is 0. The first-order chi connectivity index (χ1) is 12.1. The third-order valence-corrected chi connectivity index (χ3v) is 5.16. The summed E-state index contributed by atoms with van der Waals surface area (Å²) in [6.07, 6.45) is 3.63. The van der Waals surface area contributed by atoms with Gasteiger partial charge in [0.25, 0.3) is 5.91 Å². The van der Waals surface area contributed by atoms with Crippen molar-refractivity contribution in [1.82, 2.24) is 15.0 Å². The second-order valence-corrected chi connectivity index (χ2v) is 6.89. The molecule has 2 aliphatic heterocycles. The molecule has 0 saturated carbocycles. The molecule has 3 atom stereocenters. The van der Waals surface area contributed by atoms with Crippen LogP contribution in [0.3, 0.4) is 0 Å². The average Bonchev–Trinajstić information content (AvgIpc) is 3.33. The molecule has 0 N–H and O–H groups in total. The first-order valence-electron chi connectivity index (χ1n) is 8.72. The van der Waals surface area contributed by atoms with Gasteiger partial charge in [0.2, 0.25) is 0 Å². The van der Waals surface area contributed by atoms with Crippen molar-refractivity contribution in [3.63, 3.8) is 0 Å². The summed E-state index contributed by atoms with van der Waals surface area (Å²) in [7, 11) is 2.05. The molecule has 0 radical (unpaired) electrons. The van der Waals surface area contributed by atoms with Crippen LogP contribution < -0.4 is 0 Å². The van der Waals surface area contributed by atoms with Crippen LogP contribution in [0.4, 0.5) is 0 Å². The monoisotopic (exact) mass is 345 g/mol. The van der Waals surface area contributed by atoms with E-state index in [0.717, 1.165) is 25.2 Å². The summed E-state index contributed by atoms with van der Waals surface area (Å²) in [5.41, 5.74) is 0.371. The van der Waals surface area contributed by atoms with E-state index in [0.29, 0.717) is 24.5 Å². The number of hydrogen-bond acceptors (Lipinski definition) is 6. The molecule has 2 aliphatic rings. The highest BCUT2D eigenvalue weighted by molar-refractivity contribution is 5.92. The molecule has 4 rings (SSSR count). The van der Waals surface area contributed by atoms with Gasteiger partial charge in [-0.2, -0.15) is 0 Å². The fourth-order valence-electron chi connectivity index (χ4n) is 3.93. The van der Waals surface area contributed by atoms with Crippen molar-refractivity contribution in [1.29, 1.82) is 0 Å². The molecule has 0 unspecified atom stereocenters. The van der Waals surface area contributed by atoms with Crippen LogP contribution in [0.15, 0.2) is 33.4 Å². The highest BCUT2D eigenvalue weighted by Gasteiger charge is 2.48. The first-order valence-corrected chi connectivity index (χ1v) is 8.72. The van der Waals surface area contributed by atoms with E-state index in [2.05, 4.69) is 17.1 Å². The van der Waals surface area contributed by atoms with Crippen molar-refractivity contribution >= 4 is 5.91 Å². The Morgan fingerprint density at radius 2 is 2.36 bits per heavy atom. The maximum atomic E-state index is 12.9. The molecule has 0 bridgehead atoms. The number of rotatable bonds is 4. The zero-order chi connectivity index (χ0) is 17.4. The minimum atomic E-state index is -0.0775. The third kappa shape index (κ3) is 3.09. The standard InChI is InChI=1S/C18H23N3O4/c1-12-9-14(19-25-12)18(22)21-11-16(17-15(21)6-4-8-24-17)20(2)10-13-5-3-7-23-13/h3,5,7,9,15-17H,4,6,8,10-11H2,1-2H3/t15-,16-,17+/m1/s1. The van der Waals surface area contributed by atoms with E-state index in [1.807, 2.05) is 17.0 Å². The van der Waals surface area contributed by atoms with Crippen molar-refractivity contribution < 1.29 is 18.5 Å². The van der Waals surface area contributed by atoms with E-state index in [9.17, 15) is 4.79 Å². The average molecular weight is 345 g/mol. The molecule has 2 aromatic heterocycles. The van der Waals surface area contributed by atoms with E-state index in [4.69, 9.17) is 13.7 Å². The van der Waals surface area contributed by atoms with Gasteiger partial charge in [0, 0.05) is 19.2 Å². The SMILES string of the molecule is Cc1cc(C(=O)N2C[C@@H](N(C)Cc3ccco3)[C@H]3OCCC[C@H]32)no1. The van der Waals surface area contributed by atoms with Crippen LogP contribution in [0, 0.1) is 6.92 Å². The second kappa shape index (κ2) is 6.65. The lowest BCUT2D eigenvalue weighted by Crippen LogP contribution is -2.46. The highest BCUT2D eigenvalue weighted by Crippen LogP contribution is 2.33. The van der Waals surface area contributed by atoms with Crippen LogP contribution in [0.5, 0.6) is 0 Å². The van der Waals surface area contributed by atoms with Gasteiger partial charge in [0.1, 0.15) is 11.5 Å². The minimum Gasteiger partial charge on any atom is -0.468 e. The summed E-state index contributed by atoms with van der Waals surface area (Å²) in [4.78, 5) is 17.0. The number of hydrogen-bond donors (Lipinski definition) is 0. The Balaban J connectivity index is 1.54. The topological polar surface area (TPSA) is 72.0 Å². The quantitative estimate of drug-likeness (QED) is 0.845. The molecule has 7 heteroatoms. The number of nitrogens with zero attached hydrogens (tertiary/aromatic N) is 3. The maximum absolute atomic E-state index is 12.9. The lowest BCUT2D eigenvalue weighted by atomic mass is 10.00. The molecule has 2 aromatic rings. The lowest BCUT2D eigenvalue weighted by Gasteiger charge is -2.34. The molecule has 134 valence electrons. The Morgan fingerprint density at radius 1 is 1.48 bits per heavy atom. The van der Waals surface area contributed by atoms with Crippen LogP contribution in [-0.2, 0) is 11.3 Å². The predicted octanol–water partition coefficient (Wildman–Crippen LogP) is 2.08. The fraction of sp³-hybridized carbons (Fsp3) is 0.556. The van der Waals surface area contributed by atoms with E-state index in [1.165, 1.54) is 0 Å². The lowest BCUT2D eigenvalue weighted by molar-refractivity contribution is -0.0364. The third-order valence-electron chi connectivity index (χ3n) is 5.16. The zero-order valence-corrected chi connectivity index (χ0v) is 14.6. The van der Waals surface area contributed by atoms with Gasteiger partial charge < -0.3 is 18.6 Å². The van der Waals surface area contributed by atoms with Gasteiger partial charge in [-0.1, -0.05) is 5.16 Å². The van der Waals surface area contributed by atoms with Crippen molar-refractivity contribution in [3.8, 4) is 0 Å². The molecule has 0 spiro atoms. The Hall–Kier alpha value is -2.12. The van der Waals surface area contributed by atoms with Crippen molar-refractivity contribution in [2.45, 2.75) is 44.5 Å². The van der Waals surface area contributed by atoms with Gasteiger partial charge >= 0.3 is 0 Å². The number of amides is 1. The molecule has 2 fully saturated rings. The van der Waals surface area contributed by atoms with E-state index >= 15 is 0 Å². The Kier molecular flexibility index (Phi) is 4.35. The maximum Gasteiger partial charge on any atom is 0.276 e. The number of carbonyl (C=O) groups is 1. The van der Waals surface area contributed by atoms with Gasteiger partial charge in [-0.15, -0.1) is 0 Å². The zero-order valence-electron chi connectivity index (χ0n) is 14.6. The van der Waals surface area contributed by atoms with Crippen LogP contribution >= 0.6 is 0 Å². The molecule has 25 heavy (non-hydrogen) atoms. The van der Waals surface area contributed by atoms with E-state index in [1.54, 1.807) is 19.3 Å². The number of carbonyl (C=O) groups excluding carboxylic acids is 1. The van der Waals surface area contributed by atoms with Gasteiger partial charge in [-0.3, -0.25) is 9.69 Å². The second-order valence-electron chi connectivity index (χ2n) is 6.89. The molecule has 2 saturated heterocycles. The normalized spacial score (nSPS) is 26.2. The molecule has 0 aliphatic carbocycles. The van der Waals surface area contributed by atoms with Crippen LogP contribution in [-0.4, -0.2) is 59.3 Å².